The lowest BCUT2D eigenvalue weighted by molar-refractivity contribution is 0.0639. The van der Waals surface area contributed by atoms with E-state index < -0.39 is 15.6 Å². The summed E-state index contributed by atoms with van der Waals surface area (Å²) in [6.07, 6.45) is 0. The van der Waals surface area contributed by atoms with Crippen LogP contribution in [0.5, 0.6) is 0 Å². The molecule has 1 N–H and O–H groups in total. The van der Waals surface area contributed by atoms with Crippen molar-refractivity contribution in [3.8, 4) is 0 Å². The Morgan fingerprint density at radius 2 is 1.94 bits per heavy atom. The van der Waals surface area contributed by atoms with E-state index in [1.807, 2.05) is 25.1 Å². The number of hydrogen-bond acceptors (Lipinski definition) is 3. The van der Waals surface area contributed by atoms with E-state index in [4.69, 9.17) is 0 Å². The van der Waals surface area contributed by atoms with Crippen LogP contribution in [0.15, 0.2) is 24.3 Å². The fraction of sp³-hybridized carbons (Fsp3) is 0.538. The number of likely N-dealkylation sites (N-methyl/N-ethyl adjacent to an activating group) is 1. The lowest BCUT2D eigenvalue weighted by atomic mass is 10.1. The SMILES string of the molecule is Cc1cccc(CS(=O)(=O)N(C)CC(C)(C)O)c1. The molecule has 0 saturated carbocycles. The maximum atomic E-state index is 12.1. The number of aryl methyl sites for hydroxylation is 1. The van der Waals surface area contributed by atoms with Crippen molar-refractivity contribution in [2.45, 2.75) is 32.1 Å². The molecule has 102 valence electrons. The molecule has 18 heavy (non-hydrogen) atoms. The van der Waals surface area contributed by atoms with Crippen LogP contribution in [-0.2, 0) is 15.8 Å². The Morgan fingerprint density at radius 1 is 1.33 bits per heavy atom. The van der Waals surface area contributed by atoms with Gasteiger partial charge in [-0.25, -0.2) is 12.7 Å². The molecule has 0 heterocycles. The van der Waals surface area contributed by atoms with Crippen molar-refractivity contribution in [3.63, 3.8) is 0 Å². The van der Waals surface area contributed by atoms with E-state index in [-0.39, 0.29) is 12.3 Å². The van der Waals surface area contributed by atoms with Crippen LogP contribution in [0.25, 0.3) is 0 Å². The molecule has 0 aliphatic heterocycles. The molecule has 0 aliphatic carbocycles. The van der Waals surface area contributed by atoms with Gasteiger partial charge in [0.25, 0.3) is 0 Å². The van der Waals surface area contributed by atoms with Gasteiger partial charge in [-0.3, -0.25) is 0 Å². The first-order valence-electron chi connectivity index (χ1n) is 5.82. The van der Waals surface area contributed by atoms with Gasteiger partial charge in [-0.1, -0.05) is 29.8 Å². The van der Waals surface area contributed by atoms with Crippen LogP contribution in [0.2, 0.25) is 0 Å². The van der Waals surface area contributed by atoms with Gasteiger partial charge in [0.15, 0.2) is 0 Å². The van der Waals surface area contributed by atoms with Crippen LogP contribution in [0.3, 0.4) is 0 Å². The summed E-state index contributed by atoms with van der Waals surface area (Å²) in [5, 5.41) is 9.66. The molecule has 0 fully saturated rings. The summed E-state index contributed by atoms with van der Waals surface area (Å²) >= 11 is 0. The van der Waals surface area contributed by atoms with Crippen LogP contribution in [0, 0.1) is 6.92 Å². The van der Waals surface area contributed by atoms with Crippen LogP contribution >= 0.6 is 0 Å². The molecule has 0 spiro atoms. The van der Waals surface area contributed by atoms with E-state index in [1.165, 1.54) is 11.4 Å². The standard InChI is InChI=1S/C13H21NO3S/c1-11-6-5-7-12(8-11)9-18(16,17)14(4)10-13(2,3)15/h5-8,15H,9-10H2,1-4H3. The zero-order valence-corrected chi connectivity index (χ0v) is 12.2. The van der Waals surface area contributed by atoms with E-state index in [9.17, 15) is 13.5 Å². The van der Waals surface area contributed by atoms with Gasteiger partial charge in [-0.15, -0.1) is 0 Å². The fourth-order valence-corrected chi connectivity index (χ4v) is 3.10. The second-order valence-corrected chi connectivity index (χ2v) is 7.39. The molecule has 1 aromatic rings. The third-order valence-electron chi connectivity index (χ3n) is 2.52. The van der Waals surface area contributed by atoms with Gasteiger partial charge in [0.05, 0.1) is 11.4 Å². The first-order valence-corrected chi connectivity index (χ1v) is 7.43. The molecular formula is C13H21NO3S. The highest BCUT2D eigenvalue weighted by Gasteiger charge is 2.24. The minimum Gasteiger partial charge on any atom is -0.389 e. The highest BCUT2D eigenvalue weighted by Crippen LogP contribution is 2.13. The predicted molar refractivity (Wildman–Crippen MR) is 72.7 cm³/mol. The Morgan fingerprint density at radius 3 is 2.44 bits per heavy atom. The van der Waals surface area contributed by atoms with Crippen molar-refractivity contribution in [2.24, 2.45) is 0 Å². The normalized spacial score (nSPS) is 13.0. The number of rotatable bonds is 5. The topological polar surface area (TPSA) is 57.6 Å². The molecule has 0 bridgehead atoms. The summed E-state index contributed by atoms with van der Waals surface area (Å²) in [6.45, 7) is 5.19. The fourth-order valence-electron chi connectivity index (χ4n) is 1.77. The van der Waals surface area contributed by atoms with E-state index in [0.717, 1.165) is 11.1 Å². The molecule has 1 aromatic carbocycles. The second-order valence-electron chi connectivity index (χ2n) is 5.31. The summed E-state index contributed by atoms with van der Waals surface area (Å²) in [7, 11) is -1.90. The Labute approximate surface area is 109 Å². The third kappa shape index (κ3) is 4.76. The summed E-state index contributed by atoms with van der Waals surface area (Å²) < 4.78 is 25.4. The van der Waals surface area contributed by atoms with Crippen molar-refractivity contribution >= 4 is 10.0 Å². The highest BCUT2D eigenvalue weighted by atomic mass is 32.2. The number of benzene rings is 1. The average Bonchev–Trinajstić information content (AvgIpc) is 2.13. The summed E-state index contributed by atoms with van der Waals surface area (Å²) in [4.78, 5) is 0. The number of aliphatic hydroxyl groups is 1. The van der Waals surface area contributed by atoms with Crippen LogP contribution in [0.1, 0.15) is 25.0 Å². The molecule has 0 radical (unpaired) electrons. The second kappa shape index (κ2) is 5.38. The molecule has 0 saturated heterocycles. The smallest absolute Gasteiger partial charge is 0.218 e. The van der Waals surface area contributed by atoms with Crippen molar-refractivity contribution in [3.05, 3.63) is 35.4 Å². The number of nitrogens with zero attached hydrogens (tertiary/aromatic N) is 1. The molecule has 0 aromatic heterocycles. The van der Waals surface area contributed by atoms with Gasteiger partial charge in [-0.05, 0) is 26.3 Å². The number of hydrogen-bond donors (Lipinski definition) is 1. The molecule has 0 atom stereocenters. The summed E-state index contributed by atoms with van der Waals surface area (Å²) in [5.74, 6) is -0.0404. The summed E-state index contributed by atoms with van der Waals surface area (Å²) in [5.41, 5.74) is 0.763. The maximum absolute atomic E-state index is 12.1. The summed E-state index contributed by atoms with van der Waals surface area (Å²) in [6, 6.07) is 7.42. The van der Waals surface area contributed by atoms with Crippen LogP contribution in [-0.4, -0.2) is 37.0 Å². The quantitative estimate of drug-likeness (QED) is 0.883. The molecule has 0 unspecified atom stereocenters. The van der Waals surface area contributed by atoms with E-state index in [0.29, 0.717) is 0 Å². The zero-order chi connectivity index (χ0) is 14.0. The lowest BCUT2D eigenvalue weighted by Gasteiger charge is -2.25. The monoisotopic (exact) mass is 271 g/mol. The molecule has 4 nitrogen and oxygen atoms in total. The van der Waals surface area contributed by atoms with Gasteiger partial charge in [-0.2, -0.15) is 0 Å². The Hall–Kier alpha value is -0.910. The van der Waals surface area contributed by atoms with E-state index >= 15 is 0 Å². The molecule has 0 aliphatic rings. The van der Waals surface area contributed by atoms with Crippen molar-refractivity contribution in [2.75, 3.05) is 13.6 Å². The average molecular weight is 271 g/mol. The zero-order valence-electron chi connectivity index (χ0n) is 11.3. The molecule has 5 heteroatoms. The Balaban J connectivity index is 2.82. The Bertz CT molecular complexity index is 503. The van der Waals surface area contributed by atoms with Gasteiger partial charge in [0.1, 0.15) is 0 Å². The largest absolute Gasteiger partial charge is 0.389 e. The molecular weight excluding hydrogens is 250 g/mol. The van der Waals surface area contributed by atoms with Crippen LogP contribution in [0.4, 0.5) is 0 Å². The molecule has 1 rings (SSSR count). The predicted octanol–water partition coefficient (Wildman–Crippen LogP) is 1.53. The van der Waals surface area contributed by atoms with Crippen LogP contribution < -0.4 is 0 Å². The van der Waals surface area contributed by atoms with Gasteiger partial charge in [0, 0.05) is 13.6 Å². The van der Waals surface area contributed by atoms with Gasteiger partial charge >= 0.3 is 0 Å². The lowest BCUT2D eigenvalue weighted by Crippen LogP contribution is -2.40. The minimum atomic E-state index is -3.39. The van der Waals surface area contributed by atoms with Crippen molar-refractivity contribution in [1.82, 2.24) is 4.31 Å². The first-order chi connectivity index (χ1) is 8.10. The van der Waals surface area contributed by atoms with Gasteiger partial charge < -0.3 is 5.11 Å². The van der Waals surface area contributed by atoms with E-state index in [2.05, 4.69) is 0 Å². The molecule has 0 amide bonds. The maximum Gasteiger partial charge on any atom is 0.218 e. The minimum absolute atomic E-state index is 0.0404. The van der Waals surface area contributed by atoms with E-state index in [1.54, 1.807) is 19.9 Å². The van der Waals surface area contributed by atoms with Crippen molar-refractivity contribution < 1.29 is 13.5 Å². The highest BCUT2D eigenvalue weighted by molar-refractivity contribution is 7.88. The Kier molecular flexibility index (Phi) is 4.53. The first kappa shape index (κ1) is 15.1. The van der Waals surface area contributed by atoms with Crippen molar-refractivity contribution in [1.29, 1.82) is 0 Å². The number of sulfonamides is 1. The third-order valence-corrected chi connectivity index (χ3v) is 4.29. The van der Waals surface area contributed by atoms with Gasteiger partial charge in [0.2, 0.25) is 10.0 Å².